The van der Waals surface area contributed by atoms with Gasteiger partial charge in [-0.05, 0) is 13.0 Å². The average molecular weight is 400 g/mol. The molecule has 1 heterocycles. The largest absolute Gasteiger partial charge is 0.508 e. The predicted molar refractivity (Wildman–Crippen MR) is 97.7 cm³/mol. The molecule has 0 N–H and O–H groups in total. The summed E-state index contributed by atoms with van der Waals surface area (Å²) >= 11 is 1.14. The summed E-state index contributed by atoms with van der Waals surface area (Å²) in [5, 5.41) is 21.8. The fourth-order valence-electron chi connectivity index (χ4n) is 2.06. The molecule has 11 heteroatoms. The molecule has 0 atom stereocenters. The summed E-state index contributed by atoms with van der Waals surface area (Å²) < 4.78 is 15.2. The fraction of sp³-hybridized carbons (Fsp3) is 0.438. The number of benzene rings is 1. The van der Waals surface area contributed by atoms with E-state index in [2.05, 4.69) is 6.58 Å². The van der Waals surface area contributed by atoms with Gasteiger partial charge >= 0.3 is 6.16 Å². The zero-order valence-electron chi connectivity index (χ0n) is 13.8. The van der Waals surface area contributed by atoms with Crippen LogP contribution in [0.2, 0.25) is 0 Å². The number of hydrogen-bond donors (Lipinski definition) is 0. The van der Waals surface area contributed by atoms with Gasteiger partial charge in [-0.3, -0.25) is 20.2 Å². The lowest BCUT2D eigenvalue weighted by atomic mass is 9.90. The number of ether oxygens (including phenoxy) is 3. The SMILES string of the molecule is C.C=C(OCCSc1ccc([N+](=O)[O-])cc1[N+](=O)[O-])C1(C)COC(=O)OC1. The minimum Gasteiger partial charge on any atom is -0.497 e. The van der Waals surface area contributed by atoms with Crippen molar-refractivity contribution in [2.24, 2.45) is 5.41 Å². The summed E-state index contributed by atoms with van der Waals surface area (Å²) in [4.78, 5) is 31.7. The minimum atomic E-state index is -0.740. The molecule has 148 valence electrons. The van der Waals surface area contributed by atoms with Gasteiger partial charge in [0, 0.05) is 11.8 Å². The maximum absolute atomic E-state index is 11.1. The third-order valence-electron chi connectivity index (χ3n) is 3.66. The first-order valence-electron chi connectivity index (χ1n) is 7.40. The van der Waals surface area contributed by atoms with Crippen LogP contribution in [0.5, 0.6) is 0 Å². The van der Waals surface area contributed by atoms with E-state index in [0.717, 1.165) is 17.8 Å². The molecule has 0 bridgehead atoms. The Labute approximate surface area is 159 Å². The van der Waals surface area contributed by atoms with Crippen molar-refractivity contribution in [3.05, 3.63) is 50.8 Å². The highest BCUT2D eigenvalue weighted by atomic mass is 32.2. The van der Waals surface area contributed by atoms with E-state index in [9.17, 15) is 25.0 Å². The van der Waals surface area contributed by atoms with Crippen LogP contribution < -0.4 is 0 Å². The van der Waals surface area contributed by atoms with Crippen LogP contribution in [0.4, 0.5) is 16.2 Å². The molecule has 0 spiro atoms. The Morgan fingerprint density at radius 3 is 2.48 bits per heavy atom. The van der Waals surface area contributed by atoms with Crippen LogP contribution in [0.3, 0.4) is 0 Å². The number of rotatable bonds is 8. The molecule has 0 saturated carbocycles. The van der Waals surface area contributed by atoms with Crippen LogP contribution >= 0.6 is 11.8 Å². The van der Waals surface area contributed by atoms with E-state index < -0.39 is 21.4 Å². The summed E-state index contributed by atoms with van der Waals surface area (Å²) in [6, 6.07) is 3.48. The second kappa shape index (κ2) is 9.21. The van der Waals surface area contributed by atoms with Crippen LogP contribution in [0, 0.1) is 25.6 Å². The Balaban J connectivity index is 0.00000364. The number of nitro groups is 2. The number of carbonyl (C=O) groups excluding carboxylic acids is 1. The van der Waals surface area contributed by atoms with E-state index >= 15 is 0 Å². The molecule has 0 aromatic heterocycles. The van der Waals surface area contributed by atoms with E-state index in [4.69, 9.17) is 14.2 Å². The standard InChI is InChI=1S/C15H16N2O8S.CH4/c1-10(15(2)8-24-14(18)25-9-15)23-5-6-26-13-4-3-11(16(19)20)7-12(13)17(21)22;/h3-4,7H,1,5-6,8-9H2,2H3;1H4. The Hall–Kier alpha value is -2.82. The number of non-ortho nitro benzene ring substituents is 1. The van der Waals surface area contributed by atoms with Gasteiger partial charge in [-0.1, -0.05) is 14.0 Å². The normalized spacial score (nSPS) is 14.9. The lowest BCUT2D eigenvalue weighted by molar-refractivity contribution is -0.396. The third kappa shape index (κ3) is 5.58. The van der Waals surface area contributed by atoms with E-state index in [0.29, 0.717) is 16.4 Å². The van der Waals surface area contributed by atoms with Crippen molar-refractivity contribution < 1.29 is 28.9 Å². The van der Waals surface area contributed by atoms with Crippen LogP contribution in [0.15, 0.2) is 35.4 Å². The van der Waals surface area contributed by atoms with Crippen molar-refractivity contribution in [2.75, 3.05) is 25.6 Å². The van der Waals surface area contributed by atoms with Crippen molar-refractivity contribution >= 4 is 29.3 Å². The molecular formula is C16H20N2O8S. The van der Waals surface area contributed by atoms with Crippen LogP contribution in [0.25, 0.3) is 0 Å². The fourth-order valence-corrected chi connectivity index (χ4v) is 2.89. The molecule has 1 saturated heterocycles. The van der Waals surface area contributed by atoms with Gasteiger partial charge in [-0.25, -0.2) is 4.79 Å². The molecular weight excluding hydrogens is 380 g/mol. The van der Waals surface area contributed by atoms with Crippen LogP contribution in [0.1, 0.15) is 14.4 Å². The molecule has 0 amide bonds. The molecule has 10 nitrogen and oxygen atoms in total. The molecule has 1 fully saturated rings. The lowest BCUT2D eigenvalue weighted by Crippen LogP contribution is -2.39. The summed E-state index contributed by atoms with van der Waals surface area (Å²) in [6.45, 7) is 5.96. The van der Waals surface area contributed by atoms with Gasteiger partial charge in [-0.2, -0.15) is 0 Å². The molecule has 1 aliphatic heterocycles. The number of thioether (sulfide) groups is 1. The van der Waals surface area contributed by atoms with E-state index in [1.54, 1.807) is 6.92 Å². The van der Waals surface area contributed by atoms with Crippen molar-refractivity contribution in [3.8, 4) is 0 Å². The topological polar surface area (TPSA) is 131 Å². The van der Waals surface area contributed by atoms with E-state index in [1.807, 2.05) is 0 Å². The minimum absolute atomic E-state index is 0. The zero-order valence-corrected chi connectivity index (χ0v) is 14.7. The van der Waals surface area contributed by atoms with Gasteiger partial charge in [0.05, 0.1) is 32.8 Å². The second-order valence-electron chi connectivity index (χ2n) is 5.67. The molecule has 0 unspecified atom stereocenters. The smallest absolute Gasteiger partial charge is 0.497 e. The molecule has 1 aliphatic rings. The van der Waals surface area contributed by atoms with Gasteiger partial charge in [0.15, 0.2) is 0 Å². The average Bonchev–Trinajstić information content (AvgIpc) is 2.60. The van der Waals surface area contributed by atoms with Gasteiger partial charge < -0.3 is 14.2 Å². The molecule has 1 aromatic carbocycles. The first kappa shape index (κ1) is 22.2. The molecule has 27 heavy (non-hydrogen) atoms. The number of carbonyl (C=O) groups is 1. The third-order valence-corrected chi connectivity index (χ3v) is 4.68. The van der Waals surface area contributed by atoms with Crippen molar-refractivity contribution in [1.82, 2.24) is 0 Å². The Morgan fingerprint density at radius 1 is 1.30 bits per heavy atom. The first-order valence-corrected chi connectivity index (χ1v) is 8.39. The summed E-state index contributed by atoms with van der Waals surface area (Å²) in [7, 11) is 0. The van der Waals surface area contributed by atoms with E-state index in [-0.39, 0.29) is 38.6 Å². The van der Waals surface area contributed by atoms with E-state index in [1.165, 1.54) is 12.1 Å². The predicted octanol–water partition coefficient (Wildman–Crippen LogP) is 3.93. The highest BCUT2D eigenvalue weighted by Crippen LogP contribution is 2.34. The van der Waals surface area contributed by atoms with Crippen LogP contribution in [-0.4, -0.2) is 41.6 Å². The van der Waals surface area contributed by atoms with Crippen molar-refractivity contribution in [1.29, 1.82) is 0 Å². The number of nitro benzene ring substituents is 2. The molecule has 1 aromatic rings. The maximum Gasteiger partial charge on any atom is 0.508 e. The zero-order chi connectivity index (χ0) is 19.3. The Kier molecular flexibility index (Phi) is 7.58. The maximum atomic E-state index is 11.1. The highest BCUT2D eigenvalue weighted by Gasteiger charge is 2.37. The monoisotopic (exact) mass is 400 g/mol. The van der Waals surface area contributed by atoms with Crippen molar-refractivity contribution in [3.63, 3.8) is 0 Å². The number of nitrogens with zero attached hydrogens (tertiary/aromatic N) is 2. The number of hydrogen-bond acceptors (Lipinski definition) is 9. The molecule has 0 aliphatic carbocycles. The first-order chi connectivity index (χ1) is 12.2. The highest BCUT2D eigenvalue weighted by molar-refractivity contribution is 7.99. The summed E-state index contributed by atoms with van der Waals surface area (Å²) in [5.41, 5.74) is -1.34. The Bertz CT molecular complexity index is 742. The van der Waals surface area contributed by atoms with Crippen LogP contribution in [-0.2, 0) is 14.2 Å². The van der Waals surface area contributed by atoms with Gasteiger partial charge in [0.2, 0.25) is 0 Å². The second-order valence-corrected chi connectivity index (χ2v) is 6.81. The molecule has 0 radical (unpaired) electrons. The Morgan fingerprint density at radius 2 is 1.93 bits per heavy atom. The van der Waals surface area contributed by atoms with Crippen molar-refractivity contribution in [2.45, 2.75) is 19.2 Å². The van der Waals surface area contributed by atoms with Gasteiger partial charge in [-0.15, -0.1) is 11.8 Å². The van der Waals surface area contributed by atoms with Gasteiger partial charge in [0.1, 0.15) is 19.0 Å². The quantitative estimate of drug-likeness (QED) is 0.159. The number of cyclic esters (lactones) is 2. The summed E-state index contributed by atoms with van der Waals surface area (Å²) in [5.74, 6) is 0.734. The molecule has 2 rings (SSSR count). The summed E-state index contributed by atoms with van der Waals surface area (Å²) in [6.07, 6.45) is -0.740. The van der Waals surface area contributed by atoms with Gasteiger partial charge in [0.25, 0.3) is 11.4 Å². The lowest BCUT2D eigenvalue weighted by Gasteiger charge is -2.33.